The molecule has 0 aliphatic heterocycles. The molecule has 21 heavy (non-hydrogen) atoms. The average molecular weight is 284 g/mol. The Morgan fingerprint density at radius 2 is 1.90 bits per heavy atom. The van der Waals surface area contributed by atoms with Crippen molar-refractivity contribution < 1.29 is 4.39 Å². The molecule has 0 N–H and O–H groups in total. The molecule has 1 atom stereocenters. The highest BCUT2D eigenvalue weighted by Gasteiger charge is 2.16. The summed E-state index contributed by atoms with van der Waals surface area (Å²) in [6.45, 7) is 3.96. The van der Waals surface area contributed by atoms with Crippen LogP contribution in [-0.2, 0) is 0 Å². The molecular formula is C16H17FN4. The maximum absolute atomic E-state index is 13.3. The first kappa shape index (κ1) is 13.7. The van der Waals surface area contributed by atoms with Gasteiger partial charge in [0.2, 0.25) is 0 Å². The molecule has 0 saturated heterocycles. The summed E-state index contributed by atoms with van der Waals surface area (Å²) in [7, 11) is 0. The summed E-state index contributed by atoms with van der Waals surface area (Å²) in [5.74, 6) is 0.452. The van der Waals surface area contributed by atoms with Gasteiger partial charge in [-0.25, -0.2) is 4.39 Å². The Morgan fingerprint density at radius 3 is 2.62 bits per heavy atom. The minimum Gasteiger partial charge on any atom is -0.207 e. The first-order valence-corrected chi connectivity index (χ1v) is 7.12. The topological polar surface area (TPSA) is 43.6 Å². The molecule has 0 amide bonds. The van der Waals surface area contributed by atoms with E-state index in [1.165, 1.54) is 6.07 Å². The molecule has 0 fully saturated rings. The highest BCUT2D eigenvalue weighted by atomic mass is 19.1. The van der Waals surface area contributed by atoms with Crippen LogP contribution in [0.15, 0.2) is 36.4 Å². The van der Waals surface area contributed by atoms with Crippen LogP contribution in [0.2, 0.25) is 0 Å². The fourth-order valence-electron chi connectivity index (χ4n) is 2.56. The number of nitrogens with zero attached hydrogens (tertiary/aromatic N) is 4. The van der Waals surface area contributed by atoms with Crippen LogP contribution in [0.3, 0.4) is 0 Å². The van der Waals surface area contributed by atoms with E-state index < -0.39 is 0 Å². The smallest absolute Gasteiger partial charge is 0.171 e. The van der Waals surface area contributed by atoms with E-state index in [4.69, 9.17) is 0 Å². The lowest BCUT2D eigenvalue weighted by molar-refractivity contribution is 0.422. The van der Waals surface area contributed by atoms with Crippen LogP contribution in [0.25, 0.3) is 10.8 Å². The molecule has 0 bridgehead atoms. The molecule has 0 spiro atoms. The maximum Gasteiger partial charge on any atom is 0.171 e. The number of aryl methyl sites for hydroxylation is 1. The van der Waals surface area contributed by atoms with Gasteiger partial charge in [-0.15, -0.1) is 10.2 Å². The summed E-state index contributed by atoms with van der Waals surface area (Å²) in [5.41, 5.74) is 1.12. The number of hydrogen-bond donors (Lipinski definition) is 0. The van der Waals surface area contributed by atoms with Crippen molar-refractivity contribution in [3.8, 4) is 0 Å². The quantitative estimate of drug-likeness (QED) is 0.734. The zero-order chi connectivity index (χ0) is 14.8. The number of benzene rings is 2. The van der Waals surface area contributed by atoms with Crippen molar-refractivity contribution in [1.29, 1.82) is 0 Å². The van der Waals surface area contributed by atoms with E-state index in [1.807, 2.05) is 19.1 Å². The first-order valence-electron chi connectivity index (χ1n) is 7.12. The molecule has 5 heteroatoms. The van der Waals surface area contributed by atoms with Crippen molar-refractivity contribution in [1.82, 2.24) is 20.2 Å². The zero-order valence-electron chi connectivity index (χ0n) is 12.1. The SMILES string of the molecule is CCC[C@H](c1ccc2cc(F)ccc2c1)n1nnc(C)n1. The van der Waals surface area contributed by atoms with Crippen molar-refractivity contribution >= 4 is 10.8 Å². The summed E-state index contributed by atoms with van der Waals surface area (Å²) in [4.78, 5) is 1.67. The lowest BCUT2D eigenvalue weighted by Gasteiger charge is -2.15. The fraction of sp³-hybridized carbons (Fsp3) is 0.312. The van der Waals surface area contributed by atoms with Crippen molar-refractivity contribution in [2.24, 2.45) is 0 Å². The van der Waals surface area contributed by atoms with Crippen LogP contribution in [-0.4, -0.2) is 20.2 Å². The number of fused-ring (bicyclic) bond motifs is 1. The van der Waals surface area contributed by atoms with E-state index in [-0.39, 0.29) is 11.9 Å². The van der Waals surface area contributed by atoms with E-state index in [1.54, 1.807) is 16.9 Å². The van der Waals surface area contributed by atoms with Gasteiger partial charge in [0.25, 0.3) is 0 Å². The summed E-state index contributed by atoms with van der Waals surface area (Å²) >= 11 is 0. The van der Waals surface area contributed by atoms with Crippen LogP contribution in [0.1, 0.15) is 37.2 Å². The van der Waals surface area contributed by atoms with Gasteiger partial charge in [-0.05, 0) is 53.1 Å². The molecule has 0 aliphatic rings. The molecule has 108 valence electrons. The molecule has 4 nitrogen and oxygen atoms in total. The number of halogens is 1. The lowest BCUT2D eigenvalue weighted by Crippen LogP contribution is -2.14. The Morgan fingerprint density at radius 1 is 1.14 bits per heavy atom. The Hall–Kier alpha value is -2.30. The Labute approximate surface area is 122 Å². The van der Waals surface area contributed by atoms with Crippen molar-refractivity contribution in [2.75, 3.05) is 0 Å². The van der Waals surface area contributed by atoms with Gasteiger partial charge >= 0.3 is 0 Å². The molecule has 1 heterocycles. The van der Waals surface area contributed by atoms with Crippen molar-refractivity contribution in [3.63, 3.8) is 0 Å². The Balaban J connectivity index is 2.04. The number of rotatable bonds is 4. The van der Waals surface area contributed by atoms with Gasteiger partial charge in [0.1, 0.15) is 5.82 Å². The third-order valence-electron chi connectivity index (χ3n) is 3.58. The summed E-state index contributed by atoms with van der Waals surface area (Å²) in [6.07, 6.45) is 1.95. The van der Waals surface area contributed by atoms with Crippen molar-refractivity contribution in [3.05, 3.63) is 53.6 Å². The molecule has 0 aliphatic carbocycles. The number of aromatic nitrogens is 4. The molecule has 1 aromatic heterocycles. The Bertz CT molecular complexity index is 766. The molecule has 3 rings (SSSR count). The summed E-state index contributed by atoms with van der Waals surface area (Å²) in [6, 6.07) is 10.9. The normalized spacial score (nSPS) is 12.7. The second-order valence-electron chi connectivity index (χ2n) is 5.21. The first-order chi connectivity index (χ1) is 10.2. The minimum absolute atomic E-state index is 0.0608. The third kappa shape index (κ3) is 2.77. The predicted molar refractivity (Wildman–Crippen MR) is 79.5 cm³/mol. The summed E-state index contributed by atoms with van der Waals surface area (Å²) in [5, 5.41) is 14.3. The van der Waals surface area contributed by atoms with Gasteiger partial charge in [-0.3, -0.25) is 0 Å². The third-order valence-corrected chi connectivity index (χ3v) is 3.58. The van der Waals surface area contributed by atoms with Crippen LogP contribution < -0.4 is 0 Å². The second-order valence-corrected chi connectivity index (χ2v) is 5.21. The highest BCUT2D eigenvalue weighted by molar-refractivity contribution is 5.83. The van der Waals surface area contributed by atoms with Crippen LogP contribution >= 0.6 is 0 Å². The zero-order valence-corrected chi connectivity index (χ0v) is 12.1. The van der Waals surface area contributed by atoms with E-state index in [0.717, 1.165) is 29.2 Å². The number of tetrazole rings is 1. The van der Waals surface area contributed by atoms with Crippen molar-refractivity contribution in [2.45, 2.75) is 32.7 Å². The average Bonchev–Trinajstić information content (AvgIpc) is 2.90. The highest BCUT2D eigenvalue weighted by Crippen LogP contribution is 2.26. The van der Waals surface area contributed by atoms with Crippen LogP contribution in [0.5, 0.6) is 0 Å². The molecule has 3 aromatic rings. The fourth-order valence-corrected chi connectivity index (χ4v) is 2.56. The number of hydrogen-bond acceptors (Lipinski definition) is 3. The van der Waals surface area contributed by atoms with Crippen LogP contribution in [0, 0.1) is 12.7 Å². The van der Waals surface area contributed by atoms with Gasteiger partial charge in [0.05, 0.1) is 6.04 Å². The van der Waals surface area contributed by atoms with Gasteiger partial charge in [-0.2, -0.15) is 4.80 Å². The summed E-state index contributed by atoms with van der Waals surface area (Å²) < 4.78 is 13.3. The van der Waals surface area contributed by atoms with Gasteiger partial charge < -0.3 is 0 Å². The van der Waals surface area contributed by atoms with Gasteiger partial charge in [0, 0.05) is 0 Å². The molecular weight excluding hydrogens is 267 g/mol. The molecule has 0 unspecified atom stereocenters. The van der Waals surface area contributed by atoms with Crippen LogP contribution in [0.4, 0.5) is 4.39 Å². The van der Waals surface area contributed by atoms with Gasteiger partial charge in [-0.1, -0.05) is 31.5 Å². The largest absolute Gasteiger partial charge is 0.207 e. The van der Waals surface area contributed by atoms with Gasteiger partial charge in [0.15, 0.2) is 5.82 Å². The minimum atomic E-state index is -0.214. The Kier molecular flexibility index (Phi) is 3.64. The maximum atomic E-state index is 13.3. The van der Waals surface area contributed by atoms with E-state index in [9.17, 15) is 4.39 Å². The monoisotopic (exact) mass is 284 g/mol. The molecule has 2 aromatic carbocycles. The second kappa shape index (κ2) is 5.60. The standard InChI is InChI=1S/C16H17FN4/c1-3-4-16(21-19-11(2)18-20-21)14-6-5-13-10-15(17)8-7-12(13)9-14/h5-10,16H,3-4H2,1-2H3/t16-/m1/s1. The van der Waals surface area contributed by atoms with E-state index >= 15 is 0 Å². The molecule has 0 radical (unpaired) electrons. The molecule has 0 saturated carbocycles. The predicted octanol–water partition coefficient (Wildman–Crippen LogP) is 3.66. The lowest BCUT2D eigenvalue weighted by atomic mass is 9.99. The van der Waals surface area contributed by atoms with E-state index in [2.05, 4.69) is 28.4 Å². The van der Waals surface area contributed by atoms with E-state index in [0.29, 0.717) is 5.82 Å².